The monoisotopic (exact) mass is 317 g/mol. The highest BCUT2D eigenvalue weighted by Crippen LogP contribution is 2.27. The Bertz CT molecular complexity index is 416. The van der Waals surface area contributed by atoms with Crippen LogP contribution in [0.15, 0.2) is 23.2 Å². The second kappa shape index (κ2) is 5.14. The molecule has 0 fully saturated rings. The smallest absolute Gasteiger partial charge is 0.232 e. The summed E-state index contributed by atoms with van der Waals surface area (Å²) in [5.74, 6) is -0.671. The highest BCUT2D eigenvalue weighted by atomic mass is 79.9. The van der Waals surface area contributed by atoms with E-state index in [1.165, 1.54) is 6.07 Å². The molecule has 88 valence electrons. The molecule has 7 heteroatoms. The van der Waals surface area contributed by atoms with Crippen molar-refractivity contribution >= 4 is 38.4 Å². The molecule has 0 N–H and O–H groups in total. The summed E-state index contributed by atoms with van der Waals surface area (Å²) >= 11 is 8.02. The van der Waals surface area contributed by atoms with Gasteiger partial charge in [0.25, 0.3) is 0 Å². The van der Waals surface area contributed by atoms with Crippen LogP contribution in [0, 0.1) is 5.82 Å². The van der Waals surface area contributed by atoms with Crippen molar-refractivity contribution in [3.8, 4) is 0 Å². The van der Waals surface area contributed by atoms with Gasteiger partial charge in [0.15, 0.2) is 0 Å². The van der Waals surface area contributed by atoms with E-state index in [9.17, 15) is 17.6 Å². The van der Waals surface area contributed by atoms with E-state index >= 15 is 0 Å². The molecule has 1 aromatic rings. The van der Waals surface area contributed by atoms with Crippen molar-refractivity contribution in [3.05, 3.63) is 29.6 Å². The van der Waals surface area contributed by atoms with Crippen molar-refractivity contribution in [1.82, 2.24) is 0 Å². The molecule has 0 spiro atoms. The molecule has 16 heavy (non-hydrogen) atoms. The van der Waals surface area contributed by atoms with Crippen LogP contribution in [0.3, 0.4) is 0 Å². The van der Waals surface area contributed by atoms with Gasteiger partial charge in [-0.2, -0.15) is 13.2 Å². The lowest BCUT2D eigenvalue weighted by Crippen LogP contribution is -2.16. The van der Waals surface area contributed by atoms with E-state index in [0.29, 0.717) is 5.56 Å². The molecule has 0 aliphatic carbocycles. The molecule has 1 nitrogen and oxygen atoms in total. The van der Waals surface area contributed by atoms with Crippen LogP contribution in [0.4, 0.5) is 23.2 Å². The molecule has 0 amide bonds. The van der Waals surface area contributed by atoms with Gasteiger partial charge in [-0.05, 0) is 17.7 Å². The Balaban J connectivity index is 3.18. The number of hydrogen-bond acceptors (Lipinski definition) is 1. The second-order valence-corrected chi connectivity index (χ2v) is 3.73. The highest BCUT2D eigenvalue weighted by molar-refractivity contribution is 9.08. The molecule has 0 radical (unpaired) electrons. The largest absolute Gasteiger partial charge is 0.444 e. The Morgan fingerprint density at radius 1 is 1.38 bits per heavy atom. The van der Waals surface area contributed by atoms with E-state index in [0.717, 1.165) is 12.1 Å². The van der Waals surface area contributed by atoms with E-state index in [-0.39, 0.29) is 11.0 Å². The number of benzene rings is 1. The molecule has 1 aromatic carbocycles. The molecule has 0 saturated heterocycles. The summed E-state index contributed by atoms with van der Waals surface area (Å²) in [6.45, 7) is 0. The molecule has 0 aliphatic rings. The maximum atomic E-state index is 12.8. The number of aliphatic imine (C=N–C) groups is 1. The summed E-state index contributed by atoms with van der Waals surface area (Å²) in [6, 6.07) is 3.37. The Morgan fingerprint density at radius 2 is 2.00 bits per heavy atom. The van der Waals surface area contributed by atoms with Crippen molar-refractivity contribution < 1.29 is 17.6 Å². The quantitative estimate of drug-likeness (QED) is 0.431. The van der Waals surface area contributed by atoms with Crippen LogP contribution in [-0.4, -0.2) is 11.3 Å². The summed E-state index contributed by atoms with van der Waals surface area (Å²) in [4.78, 5) is 3.15. The molecular formula is C9H5BrClF4N. The van der Waals surface area contributed by atoms with Gasteiger partial charge in [-0.25, -0.2) is 9.38 Å². The van der Waals surface area contributed by atoms with Gasteiger partial charge in [0.2, 0.25) is 5.17 Å². The molecule has 0 saturated carbocycles. The average molecular weight is 318 g/mol. The summed E-state index contributed by atoms with van der Waals surface area (Å²) in [7, 11) is 0. The summed E-state index contributed by atoms with van der Waals surface area (Å²) in [5.41, 5.74) is 0.281. The SMILES string of the molecule is Fc1ccc(CBr)c(N=C(Cl)C(F)(F)F)c1. The third-order valence-electron chi connectivity index (χ3n) is 1.64. The fraction of sp³-hybridized carbons (Fsp3) is 0.222. The number of hydrogen-bond donors (Lipinski definition) is 0. The standard InChI is InChI=1S/C9H5BrClF4N/c10-4-5-1-2-6(12)3-7(5)16-8(11)9(13,14)15/h1-3H,4H2. The van der Waals surface area contributed by atoms with Crippen molar-refractivity contribution in [2.75, 3.05) is 0 Å². The minimum Gasteiger partial charge on any atom is -0.232 e. The average Bonchev–Trinajstić information content (AvgIpc) is 2.16. The van der Waals surface area contributed by atoms with Crippen LogP contribution in [0.1, 0.15) is 5.56 Å². The fourth-order valence-corrected chi connectivity index (χ4v) is 1.49. The van der Waals surface area contributed by atoms with E-state index in [2.05, 4.69) is 20.9 Å². The Hall–Kier alpha value is -0.620. The molecule has 0 aromatic heterocycles. The lowest BCUT2D eigenvalue weighted by Gasteiger charge is -2.06. The van der Waals surface area contributed by atoms with Crippen LogP contribution >= 0.6 is 27.5 Å². The minimum absolute atomic E-state index is 0.140. The van der Waals surface area contributed by atoms with Crippen molar-refractivity contribution in [3.63, 3.8) is 0 Å². The van der Waals surface area contributed by atoms with Gasteiger partial charge in [-0.15, -0.1) is 0 Å². The first-order valence-electron chi connectivity index (χ1n) is 4.00. The van der Waals surface area contributed by atoms with Crippen LogP contribution in [-0.2, 0) is 5.33 Å². The molecule has 0 aliphatic heterocycles. The molecule has 1 rings (SSSR count). The van der Waals surface area contributed by atoms with Gasteiger partial charge in [-0.3, -0.25) is 0 Å². The molecular weight excluding hydrogens is 313 g/mol. The van der Waals surface area contributed by atoms with Crippen LogP contribution < -0.4 is 0 Å². The highest BCUT2D eigenvalue weighted by Gasteiger charge is 2.34. The zero-order valence-corrected chi connectivity index (χ0v) is 10.00. The third kappa shape index (κ3) is 3.45. The normalized spacial score (nSPS) is 13.0. The van der Waals surface area contributed by atoms with E-state index in [1.807, 2.05) is 0 Å². The second-order valence-electron chi connectivity index (χ2n) is 2.81. The predicted molar refractivity (Wildman–Crippen MR) is 58.0 cm³/mol. The zero-order valence-electron chi connectivity index (χ0n) is 7.65. The zero-order chi connectivity index (χ0) is 12.3. The number of halogens is 6. The van der Waals surface area contributed by atoms with Crippen LogP contribution in [0.25, 0.3) is 0 Å². The maximum absolute atomic E-state index is 12.8. The molecule has 0 unspecified atom stereocenters. The minimum atomic E-state index is -4.72. The van der Waals surface area contributed by atoms with Gasteiger partial charge < -0.3 is 0 Å². The maximum Gasteiger partial charge on any atom is 0.444 e. The van der Waals surface area contributed by atoms with Crippen LogP contribution in [0.2, 0.25) is 0 Å². The molecule has 0 heterocycles. The number of nitrogens with zero attached hydrogens (tertiary/aromatic N) is 1. The molecule has 0 atom stereocenters. The summed E-state index contributed by atoms with van der Waals surface area (Å²) in [6.07, 6.45) is -4.72. The van der Waals surface area contributed by atoms with Crippen molar-refractivity contribution in [1.29, 1.82) is 0 Å². The van der Waals surface area contributed by atoms with Crippen molar-refractivity contribution in [2.24, 2.45) is 4.99 Å². The Morgan fingerprint density at radius 3 is 2.50 bits per heavy atom. The molecule has 0 bridgehead atoms. The van der Waals surface area contributed by atoms with Crippen LogP contribution in [0.5, 0.6) is 0 Å². The first-order valence-corrected chi connectivity index (χ1v) is 5.50. The predicted octanol–water partition coefficient (Wildman–Crippen LogP) is 4.55. The summed E-state index contributed by atoms with van der Waals surface area (Å²) < 4.78 is 49.1. The van der Waals surface area contributed by atoms with Gasteiger partial charge in [0.05, 0.1) is 5.69 Å². The van der Waals surface area contributed by atoms with Gasteiger partial charge in [0, 0.05) is 5.33 Å². The number of alkyl halides is 4. The van der Waals surface area contributed by atoms with Gasteiger partial charge in [-0.1, -0.05) is 33.6 Å². The van der Waals surface area contributed by atoms with Gasteiger partial charge in [0.1, 0.15) is 5.82 Å². The van der Waals surface area contributed by atoms with Gasteiger partial charge >= 0.3 is 6.18 Å². The number of rotatable bonds is 2. The Kier molecular flexibility index (Phi) is 4.32. The van der Waals surface area contributed by atoms with E-state index in [4.69, 9.17) is 11.6 Å². The fourth-order valence-electron chi connectivity index (χ4n) is 0.923. The van der Waals surface area contributed by atoms with E-state index in [1.54, 1.807) is 0 Å². The first kappa shape index (κ1) is 13.4. The lowest BCUT2D eigenvalue weighted by atomic mass is 10.2. The van der Waals surface area contributed by atoms with E-state index < -0.39 is 17.2 Å². The third-order valence-corrected chi connectivity index (χ3v) is 2.55. The van der Waals surface area contributed by atoms with Crippen molar-refractivity contribution in [2.45, 2.75) is 11.5 Å². The lowest BCUT2D eigenvalue weighted by molar-refractivity contribution is -0.0558. The summed E-state index contributed by atoms with van der Waals surface area (Å²) in [5, 5.41) is -1.27. The topological polar surface area (TPSA) is 12.4 Å². The Labute approximate surface area is 102 Å². The first-order chi connectivity index (χ1) is 7.34.